The van der Waals surface area contributed by atoms with Crippen molar-refractivity contribution in [1.29, 1.82) is 0 Å². The summed E-state index contributed by atoms with van der Waals surface area (Å²) in [4.78, 5) is 59.3. The first-order valence-corrected chi connectivity index (χ1v) is 8.25. The molecule has 0 N–H and O–H groups in total. The summed E-state index contributed by atoms with van der Waals surface area (Å²) in [5.74, 6) is -16.2. The SMILES string of the molecule is O=C(CC(=O)C(F)(F)F)C(F)(F)F.O=C(CC(=O)C(F)(F)F)C(F)(F)F.O=C(CC(=O)C(F)(F)F)C(F)(F)F.[Er]. The second-order valence-corrected chi connectivity index (χ2v) is 6.06. The Hall–Kier alpha value is -1.99. The fourth-order valence-electron chi connectivity index (χ4n) is 1.04. The molecule has 6 nitrogen and oxygen atoms in total. The van der Waals surface area contributed by atoms with Gasteiger partial charge in [-0.3, -0.25) is 28.8 Å². The Balaban J connectivity index is -0.000000240. The van der Waals surface area contributed by atoms with Crippen LogP contribution in [0.15, 0.2) is 0 Å². The average molecular weight is 791 g/mol. The van der Waals surface area contributed by atoms with Gasteiger partial charge in [-0.05, 0) is 0 Å². The summed E-state index contributed by atoms with van der Waals surface area (Å²) in [7, 11) is 0. The zero-order valence-electron chi connectivity index (χ0n) is 17.7. The van der Waals surface area contributed by atoms with Crippen LogP contribution in [-0.2, 0) is 28.8 Å². The summed E-state index contributed by atoms with van der Waals surface area (Å²) in [5.41, 5.74) is 0. The zero-order valence-corrected chi connectivity index (χ0v) is 19.5. The minimum atomic E-state index is -5.40. The molecule has 0 aliphatic carbocycles. The summed E-state index contributed by atoms with van der Waals surface area (Å²) >= 11 is 0. The fourth-order valence-corrected chi connectivity index (χ4v) is 1.04. The van der Waals surface area contributed by atoms with Crippen molar-refractivity contribution >= 4 is 34.7 Å². The van der Waals surface area contributed by atoms with E-state index in [4.69, 9.17) is 0 Å². The molecule has 0 aromatic carbocycles. The van der Waals surface area contributed by atoms with E-state index in [1.54, 1.807) is 0 Å². The van der Waals surface area contributed by atoms with Crippen molar-refractivity contribution in [2.75, 3.05) is 0 Å². The van der Waals surface area contributed by atoms with E-state index in [0.29, 0.717) is 0 Å². The molecule has 0 heterocycles. The van der Waals surface area contributed by atoms with Gasteiger partial charge in [-0.25, -0.2) is 0 Å². The molecule has 0 radical (unpaired) electrons. The number of ketones is 6. The molecule has 0 rings (SSSR count). The van der Waals surface area contributed by atoms with Crippen molar-refractivity contribution < 1.29 is 145 Å². The van der Waals surface area contributed by atoms with Gasteiger partial charge in [-0.15, -0.1) is 0 Å². The molecule has 0 saturated carbocycles. The molecule has 0 saturated heterocycles. The second kappa shape index (κ2) is 15.9. The number of alkyl halides is 18. The third-order valence-corrected chi connectivity index (χ3v) is 2.86. The number of rotatable bonds is 6. The monoisotopic (exact) mass is 790 g/mol. The van der Waals surface area contributed by atoms with Crippen LogP contribution in [-0.4, -0.2) is 71.8 Å². The van der Waals surface area contributed by atoms with E-state index in [-0.39, 0.29) is 37.3 Å². The molecule has 240 valence electrons. The minimum Gasteiger partial charge on any atom is -0.289 e. The van der Waals surface area contributed by atoms with Crippen molar-refractivity contribution in [1.82, 2.24) is 0 Å². The van der Waals surface area contributed by atoms with Crippen LogP contribution in [0.2, 0.25) is 0 Å². The Morgan fingerprint density at radius 2 is 0.350 bits per heavy atom. The van der Waals surface area contributed by atoms with Crippen LogP contribution in [0, 0.1) is 37.3 Å². The number of hydrogen-bond donors (Lipinski definition) is 0. The third kappa shape index (κ3) is 20.8. The summed E-state index contributed by atoms with van der Waals surface area (Å²) in [6.45, 7) is 0. The van der Waals surface area contributed by atoms with Gasteiger partial charge < -0.3 is 0 Å². The van der Waals surface area contributed by atoms with Gasteiger partial charge in [0.15, 0.2) is 0 Å². The van der Waals surface area contributed by atoms with Crippen LogP contribution in [0.25, 0.3) is 0 Å². The van der Waals surface area contributed by atoms with Gasteiger partial charge in [-0.2, -0.15) is 79.0 Å². The summed E-state index contributed by atoms with van der Waals surface area (Å²) in [5, 5.41) is 0. The summed E-state index contributed by atoms with van der Waals surface area (Å²) < 4.78 is 204. The van der Waals surface area contributed by atoms with Gasteiger partial charge in [-0.1, -0.05) is 0 Å². The van der Waals surface area contributed by atoms with Gasteiger partial charge >= 0.3 is 37.1 Å². The molecule has 0 atom stereocenters. The normalized spacial score (nSPS) is 12.4. The average Bonchev–Trinajstić information content (AvgIpc) is 2.64. The Morgan fingerprint density at radius 3 is 0.400 bits per heavy atom. The molecule has 0 unspecified atom stereocenters. The first-order valence-electron chi connectivity index (χ1n) is 8.25. The number of halogens is 18. The summed E-state index contributed by atoms with van der Waals surface area (Å²) in [6, 6.07) is 0. The molecule has 25 heteroatoms. The van der Waals surface area contributed by atoms with Gasteiger partial charge in [0.05, 0.1) is 19.3 Å². The molecular weight excluding hydrogens is 785 g/mol. The Kier molecular flexibility index (Phi) is 17.8. The molecule has 0 bridgehead atoms. The van der Waals surface area contributed by atoms with Crippen LogP contribution in [0.4, 0.5) is 79.0 Å². The molecule has 0 aliphatic heterocycles. The van der Waals surface area contributed by atoms with Crippen LogP contribution in [0.5, 0.6) is 0 Å². The molecule has 40 heavy (non-hydrogen) atoms. The van der Waals surface area contributed by atoms with Gasteiger partial charge in [0, 0.05) is 37.3 Å². The van der Waals surface area contributed by atoms with Crippen molar-refractivity contribution in [3.63, 3.8) is 0 Å². The maximum Gasteiger partial charge on any atom is 0.450 e. The van der Waals surface area contributed by atoms with E-state index in [1.165, 1.54) is 0 Å². The van der Waals surface area contributed by atoms with Crippen LogP contribution in [0.1, 0.15) is 19.3 Å². The fraction of sp³-hybridized carbons (Fsp3) is 0.600. The van der Waals surface area contributed by atoms with E-state index < -0.39 is 91.0 Å². The first kappa shape index (κ1) is 45.0. The van der Waals surface area contributed by atoms with Crippen molar-refractivity contribution in [2.45, 2.75) is 56.3 Å². The Morgan fingerprint density at radius 1 is 0.275 bits per heavy atom. The molecule has 0 fully saturated rings. The minimum absolute atomic E-state index is 0. The number of carbonyl (C=O) groups is 6. The first-order chi connectivity index (χ1) is 16.6. The van der Waals surface area contributed by atoms with Crippen molar-refractivity contribution in [2.24, 2.45) is 0 Å². The van der Waals surface area contributed by atoms with Crippen molar-refractivity contribution in [3.8, 4) is 0 Å². The van der Waals surface area contributed by atoms with Gasteiger partial charge in [0.25, 0.3) is 0 Å². The van der Waals surface area contributed by atoms with E-state index in [9.17, 15) is 108 Å². The molecule has 0 spiro atoms. The van der Waals surface area contributed by atoms with Crippen LogP contribution < -0.4 is 0 Å². The molecule has 0 amide bonds. The standard InChI is InChI=1S/3C5H2F6O2.Er/c3*6-4(7,8)2(12)1-3(13)5(9,10)11;/h3*1H2;. The Labute approximate surface area is 236 Å². The third-order valence-electron chi connectivity index (χ3n) is 2.86. The maximum absolute atomic E-state index is 11.3. The van der Waals surface area contributed by atoms with Crippen LogP contribution >= 0.6 is 0 Å². The van der Waals surface area contributed by atoms with Gasteiger partial charge in [0.1, 0.15) is 0 Å². The molecular formula is C15H6ErF18O6. The van der Waals surface area contributed by atoms with E-state index in [0.717, 1.165) is 0 Å². The number of Topliss-reactive ketones (excluding diaryl/α,β-unsaturated/α-hetero) is 6. The second-order valence-electron chi connectivity index (χ2n) is 6.06. The topological polar surface area (TPSA) is 102 Å². The van der Waals surface area contributed by atoms with E-state index >= 15 is 0 Å². The quantitative estimate of drug-likeness (QED) is 0.280. The van der Waals surface area contributed by atoms with Gasteiger partial charge in [0.2, 0.25) is 34.7 Å². The van der Waals surface area contributed by atoms with E-state index in [1.807, 2.05) is 0 Å². The largest absolute Gasteiger partial charge is 0.450 e. The maximum atomic E-state index is 11.3. The van der Waals surface area contributed by atoms with E-state index in [2.05, 4.69) is 0 Å². The zero-order chi connectivity index (χ0) is 32.6. The summed E-state index contributed by atoms with van der Waals surface area (Å²) in [6.07, 6.45) is -39.0. The van der Waals surface area contributed by atoms with Crippen LogP contribution in [0.3, 0.4) is 0 Å². The predicted octanol–water partition coefficient (Wildman–Crippen LogP) is 4.92. The molecule has 0 aromatic heterocycles. The molecule has 0 aromatic rings. The predicted molar refractivity (Wildman–Crippen MR) is 80.2 cm³/mol. The molecule has 0 aliphatic rings. The smallest absolute Gasteiger partial charge is 0.289 e. The van der Waals surface area contributed by atoms with Crippen molar-refractivity contribution in [3.05, 3.63) is 0 Å². The number of carbonyl (C=O) groups excluding carboxylic acids is 6. The number of hydrogen-bond acceptors (Lipinski definition) is 6. The Bertz CT molecular complexity index is 726.